The van der Waals surface area contributed by atoms with Crippen molar-refractivity contribution in [3.8, 4) is 5.75 Å². The number of halogens is 1. The summed E-state index contributed by atoms with van der Waals surface area (Å²) < 4.78 is 5.56. The second-order valence-electron chi connectivity index (χ2n) is 8.42. The van der Waals surface area contributed by atoms with Crippen LogP contribution in [0.4, 0.5) is 0 Å². The molecule has 2 saturated heterocycles. The van der Waals surface area contributed by atoms with Gasteiger partial charge in [-0.05, 0) is 75.3 Å². The molecule has 0 bridgehead atoms. The Bertz CT molecular complexity index is 861. The van der Waals surface area contributed by atoms with E-state index in [-0.39, 0.29) is 11.4 Å². The van der Waals surface area contributed by atoms with Crippen molar-refractivity contribution in [2.24, 2.45) is 0 Å². The standard InChI is InChI=1S/C24H30ClN3O2/c1-3-30-22-10-6-19(7-11-22)17-27-23(29)16-24(12-14-26(2)15-13-24)28(27)18-20-4-8-21(25)9-5-20/h4-11H,3,12-18H2,1-2H3. The van der Waals surface area contributed by atoms with Crippen LogP contribution in [0.25, 0.3) is 0 Å². The molecule has 1 amide bonds. The molecule has 6 heteroatoms. The average Bonchev–Trinajstić information content (AvgIpc) is 2.98. The number of nitrogens with zero attached hydrogens (tertiary/aromatic N) is 3. The first-order valence-corrected chi connectivity index (χ1v) is 11.1. The minimum atomic E-state index is -0.103. The summed E-state index contributed by atoms with van der Waals surface area (Å²) in [6, 6.07) is 16.0. The third-order valence-electron chi connectivity index (χ3n) is 6.34. The van der Waals surface area contributed by atoms with Gasteiger partial charge >= 0.3 is 0 Å². The van der Waals surface area contributed by atoms with Crippen molar-refractivity contribution in [1.29, 1.82) is 0 Å². The Kier molecular flexibility index (Phi) is 6.32. The predicted molar refractivity (Wildman–Crippen MR) is 119 cm³/mol. The molecule has 2 heterocycles. The van der Waals surface area contributed by atoms with Crippen molar-refractivity contribution in [1.82, 2.24) is 14.9 Å². The van der Waals surface area contributed by atoms with Crippen molar-refractivity contribution in [2.75, 3.05) is 26.7 Å². The number of hydrogen-bond donors (Lipinski definition) is 0. The summed E-state index contributed by atoms with van der Waals surface area (Å²) >= 11 is 6.09. The maximum absolute atomic E-state index is 13.2. The normalized spacial score (nSPS) is 19.6. The summed E-state index contributed by atoms with van der Waals surface area (Å²) in [6.45, 7) is 5.95. The number of rotatable bonds is 6. The van der Waals surface area contributed by atoms with Crippen LogP contribution < -0.4 is 4.74 Å². The first-order chi connectivity index (χ1) is 14.5. The highest BCUT2D eigenvalue weighted by molar-refractivity contribution is 6.30. The van der Waals surface area contributed by atoms with Crippen LogP contribution in [0, 0.1) is 0 Å². The van der Waals surface area contributed by atoms with Crippen LogP contribution in [-0.4, -0.2) is 53.1 Å². The molecule has 0 saturated carbocycles. The predicted octanol–water partition coefficient (Wildman–Crippen LogP) is 4.35. The quantitative estimate of drug-likeness (QED) is 0.686. The van der Waals surface area contributed by atoms with E-state index in [9.17, 15) is 4.79 Å². The molecule has 0 radical (unpaired) electrons. The van der Waals surface area contributed by atoms with E-state index in [1.165, 1.54) is 5.56 Å². The topological polar surface area (TPSA) is 36.0 Å². The first kappa shape index (κ1) is 21.2. The lowest BCUT2D eigenvalue weighted by Gasteiger charge is -2.45. The molecular weight excluding hydrogens is 398 g/mol. The molecule has 2 aliphatic heterocycles. The van der Waals surface area contributed by atoms with E-state index in [1.54, 1.807) is 0 Å². The molecule has 1 spiro atoms. The molecule has 0 N–H and O–H groups in total. The number of carbonyl (C=O) groups is 1. The fourth-order valence-corrected chi connectivity index (χ4v) is 4.67. The molecule has 30 heavy (non-hydrogen) atoms. The average molecular weight is 428 g/mol. The fourth-order valence-electron chi connectivity index (χ4n) is 4.54. The molecule has 2 fully saturated rings. The van der Waals surface area contributed by atoms with E-state index in [2.05, 4.69) is 41.2 Å². The van der Waals surface area contributed by atoms with Crippen molar-refractivity contribution >= 4 is 17.5 Å². The smallest absolute Gasteiger partial charge is 0.239 e. The highest BCUT2D eigenvalue weighted by atomic mass is 35.5. The van der Waals surface area contributed by atoms with Crippen LogP contribution in [-0.2, 0) is 17.9 Å². The lowest BCUT2D eigenvalue weighted by Crippen LogP contribution is -2.54. The fraction of sp³-hybridized carbons (Fsp3) is 0.458. The van der Waals surface area contributed by atoms with Gasteiger partial charge in [0.05, 0.1) is 18.7 Å². The van der Waals surface area contributed by atoms with Gasteiger partial charge in [0.2, 0.25) is 5.91 Å². The van der Waals surface area contributed by atoms with E-state index in [0.29, 0.717) is 26.1 Å². The number of piperidine rings is 1. The molecular formula is C24H30ClN3O2. The number of hydrazine groups is 1. The molecule has 0 atom stereocenters. The van der Waals surface area contributed by atoms with Crippen molar-refractivity contribution < 1.29 is 9.53 Å². The van der Waals surface area contributed by atoms with Gasteiger partial charge in [0.15, 0.2) is 0 Å². The second kappa shape index (κ2) is 8.96. The number of benzene rings is 2. The lowest BCUT2D eigenvalue weighted by atomic mass is 9.84. The summed E-state index contributed by atoms with van der Waals surface area (Å²) in [5, 5.41) is 5.04. The third-order valence-corrected chi connectivity index (χ3v) is 6.59. The Labute approximate surface area is 184 Å². The Morgan fingerprint density at radius 3 is 2.20 bits per heavy atom. The zero-order valence-electron chi connectivity index (χ0n) is 17.8. The number of hydrogen-bond acceptors (Lipinski definition) is 4. The van der Waals surface area contributed by atoms with E-state index in [0.717, 1.165) is 42.3 Å². The van der Waals surface area contributed by atoms with Crippen LogP contribution in [0.3, 0.4) is 0 Å². The Balaban J connectivity index is 1.59. The molecule has 0 aliphatic carbocycles. The third kappa shape index (κ3) is 4.48. The van der Waals surface area contributed by atoms with Gasteiger partial charge in [-0.25, -0.2) is 5.01 Å². The van der Waals surface area contributed by atoms with Gasteiger partial charge in [0.1, 0.15) is 5.75 Å². The molecule has 2 aromatic carbocycles. The Morgan fingerprint density at radius 2 is 1.57 bits per heavy atom. The van der Waals surface area contributed by atoms with Crippen molar-refractivity contribution in [3.63, 3.8) is 0 Å². The number of carbonyl (C=O) groups excluding carboxylic acids is 1. The molecule has 0 aromatic heterocycles. The van der Waals surface area contributed by atoms with Crippen LogP contribution in [0.15, 0.2) is 48.5 Å². The van der Waals surface area contributed by atoms with E-state index >= 15 is 0 Å². The van der Waals surface area contributed by atoms with Gasteiger partial charge < -0.3 is 9.64 Å². The van der Waals surface area contributed by atoms with Gasteiger partial charge in [-0.1, -0.05) is 35.9 Å². The van der Waals surface area contributed by atoms with Gasteiger partial charge in [-0.15, -0.1) is 0 Å². The summed E-state index contributed by atoms with van der Waals surface area (Å²) in [4.78, 5) is 15.5. The summed E-state index contributed by atoms with van der Waals surface area (Å²) in [5.74, 6) is 1.07. The van der Waals surface area contributed by atoms with Crippen molar-refractivity contribution in [2.45, 2.75) is 44.8 Å². The minimum absolute atomic E-state index is 0.103. The van der Waals surface area contributed by atoms with Crippen LogP contribution in [0.2, 0.25) is 5.02 Å². The minimum Gasteiger partial charge on any atom is -0.494 e. The monoisotopic (exact) mass is 427 g/mol. The molecule has 0 unspecified atom stereocenters. The maximum Gasteiger partial charge on any atom is 0.239 e. The maximum atomic E-state index is 13.2. The zero-order chi connectivity index (χ0) is 21.1. The number of amides is 1. The largest absolute Gasteiger partial charge is 0.494 e. The molecule has 4 rings (SSSR count). The van der Waals surface area contributed by atoms with E-state index < -0.39 is 0 Å². The van der Waals surface area contributed by atoms with Gasteiger partial charge in [0, 0.05) is 18.0 Å². The second-order valence-corrected chi connectivity index (χ2v) is 8.85. The zero-order valence-corrected chi connectivity index (χ0v) is 18.6. The molecule has 2 aliphatic rings. The number of ether oxygens (including phenoxy) is 1. The highest BCUT2D eigenvalue weighted by Gasteiger charge is 2.50. The summed E-state index contributed by atoms with van der Waals surface area (Å²) in [6.07, 6.45) is 2.59. The SMILES string of the molecule is CCOc1ccc(CN2C(=O)CC3(CCN(C)CC3)N2Cc2ccc(Cl)cc2)cc1. The van der Waals surface area contributed by atoms with Crippen LogP contribution >= 0.6 is 11.6 Å². The number of likely N-dealkylation sites (tertiary alicyclic amines) is 1. The summed E-state index contributed by atoms with van der Waals surface area (Å²) in [7, 11) is 2.16. The van der Waals surface area contributed by atoms with E-state index in [1.807, 2.05) is 36.2 Å². The van der Waals surface area contributed by atoms with Gasteiger partial charge in [-0.2, -0.15) is 0 Å². The van der Waals surface area contributed by atoms with Gasteiger partial charge in [0.25, 0.3) is 0 Å². The first-order valence-electron chi connectivity index (χ1n) is 10.7. The Hall–Kier alpha value is -2.08. The molecule has 2 aromatic rings. The van der Waals surface area contributed by atoms with E-state index in [4.69, 9.17) is 16.3 Å². The molecule has 160 valence electrons. The Morgan fingerprint density at radius 1 is 0.967 bits per heavy atom. The van der Waals surface area contributed by atoms with Crippen LogP contribution in [0.1, 0.15) is 37.3 Å². The van der Waals surface area contributed by atoms with Crippen LogP contribution in [0.5, 0.6) is 5.75 Å². The summed E-state index contributed by atoms with van der Waals surface area (Å²) in [5.41, 5.74) is 2.18. The van der Waals surface area contributed by atoms with Crippen molar-refractivity contribution in [3.05, 3.63) is 64.7 Å². The lowest BCUT2D eigenvalue weighted by molar-refractivity contribution is -0.145. The molecule has 5 nitrogen and oxygen atoms in total. The van der Waals surface area contributed by atoms with Gasteiger partial charge in [-0.3, -0.25) is 9.80 Å². The highest BCUT2D eigenvalue weighted by Crippen LogP contribution is 2.41.